The molecule has 0 aliphatic heterocycles. The quantitative estimate of drug-likeness (QED) is 0.181. The standard InChI is InChI=1S/C37H38Cl4N2O2/c38-32-24(20-30(22-7-3-1-4-8-22)36(34(32)40)44-28-15-11-26(42)12-16-28)19-25-21-31(23-9-5-2-6-10-23)37(35(41)33(25)39)45-29-17-13-27(43)14-18-29/h11-18,20-23H,1-10,19,42-43H2. The van der Waals surface area contributed by atoms with Gasteiger partial charge in [0.15, 0.2) is 11.5 Å². The first-order valence-corrected chi connectivity index (χ1v) is 17.4. The maximum atomic E-state index is 7.05. The molecule has 4 aromatic rings. The minimum absolute atomic E-state index is 0.323. The van der Waals surface area contributed by atoms with Gasteiger partial charge in [0.1, 0.15) is 21.5 Å². The van der Waals surface area contributed by atoms with Gasteiger partial charge >= 0.3 is 0 Å². The Morgan fingerprint density at radius 3 is 1.22 bits per heavy atom. The van der Waals surface area contributed by atoms with E-state index in [1.807, 2.05) is 48.5 Å². The van der Waals surface area contributed by atoms with Crippen LogP contribution in [-0.4, -0.2) is 0 Å². The Kier molecular flexibility index (Phi) is 10.3. The van der Waals surface area contributed by atoms with Gasteiger partial charge in [-0.3, -0.25) is 0 Å². The molecule has 45 heavy (non-hydrogen) atoms. The SMILES string of the molecule is Nc1ccc(Oc2c(C3CCCCC3)cc(Cc3cc(C4CCCCC4)c(Oc4ccc(N)cc4)c(Cl)c3Cl)c(Cl)c2Cl)cc1. The lowest BCUT2D eigenvalue weighted by Crippen LogP contribution is -2.09. The van der Waals surface area contributed by atoms with E-state index in [1.54, 1.807) is 0 Å². The highest BCUT2D eigenvalue weighted by molar-refractivity contribution is 6.44. The molecule has 0 aromatic heterocycles. The summed E-state index contributed by atoms with van der Waals surface area (Å²) >= 11 is 28.2. The van der Waals surface area contributed by atoms with Crippen molar-refractivity contribution in [2.45, 2.75) is 82.5 Å². The largest absolute Gasteiger partial charge is 0.455 e. The summed E-state index contributed by atoms with van der Waals surface area (Å²) in [6.45, 7) is 0. The van der Waals surface area contributed by atoms with Gasteiger partial charge in [-0.2, -0.15) is 0 Å². The van der Waals surface area contributed by atoms with E-state index < -0.39 is 0 Å². The van der Waals surface area contributed by atoms with Gasteiger partial charge in [-0.15, -0.1) is 0 Å². The Balaban J connectivity index is 1.41. The molecule has 2 aliphatic rings. The van der Waals surface area contributed by atoms with Crippen LogP contribution in [0.2, 0.25) is 20.1 Å². The molecule has 0 bridgehead atoms. The maximum absolute atomic E-state index is 7.05. The van der Waals surface area contributed by atoms with Crippen LogP contribution in [0.3, 0.4) is 0 Å². The molecule has 4 aromatic carbocycles. The summed E-state index contributed by atoms with van der Waals surface area (Å²) in [6.07, 6.45) is 11.9. The Morgan fingerprint density at radius 2 is 0.867 bits per heavy atom. The van der Waals surface area contributed by atoms with Gasteiger partial charge in [-0.1, -0.05) is 84.9 Å². The molecule has 0 atom stereocenters. The molecule has 236 valence electrons. The van der Waals surface area contributed by atoms with E-state index in [-0.39, 0.29) is 0 Å². The molecule has 0 heterocycles. The minimum Gasteiger partial charge on any atom is -0.455 e. The molecule has 0 radical (unpaired) electrons. The van der Waals surface area contributed by atoms with E-state index in [0.29, 0.717) is 72.7 Å². The first-order valence-electron chi connectivity index (χ1n) is 15.9. The van der Waals surface area contributed by atoms with Gasteiger partial charge in [-0.25, -0.2) is 0 Å². The van der Waals surface area contributed by atoms with Crippen molar-refractivity contribution in [3.05, 3.63) is 103 Å². The summed E-state index contributed by atoms with van der Waals surface area (Å²) in [6, 6.07) is 19.0. The third-order valence-corrected chi connectivity index (χ3v) is 11.0. The highest BCUT2D eigenvalue weighted by Crippen LogP contribution is 2.50. The second-order valence-corrected chi connectivity index (χ2v) is 13.9. The molecular weight excluding hydrogens is 646 g/mol. The Hall–Kier alpha value is -2.76. The van der Waals surface area contributed by atoms with Gasteiger partial charge < -0.3 is 20.9 Å². The van der Waals surface area contributed by atoms with Crippen molar-refractivity contribution >= 4 is 57.8 Å². The fourth-order valence-electron chi connectivity index (χ4n) is 6.78. The Labute approximate surface area is 285 Å². The van der Waals surface area contributed by atoms with Crippen LogP contribution in [0.4, 0.5) is 11.4 Å². The molecule has 8 heteroatoms. The van der Waals surface area contributed by atoms with E-state index in [2.05, 4.69) is 12.1 Å². The average Bonchev–Trinajstić information content (AvgIpc) is 3.06. The van der Waals surface area contributed by atoms with Crippen LogP contribution in [-0.2, 0) is 6.42 Å². The fourth-order valence-corrected chi connectivity index (χ4v) is 7.73. The molecule has 0 amide bonds. The molecule has 4 N–H and O–H groups in total. The van der Waals surface area contributed by atoms with Crippen molar-refractivity contribution in [1.82, 2.24) is 0 Å². The summed E-state index contributed by atoms with van der Waals surface area (Å²) in [5, 5.41) is 1.72. The lowest BCUT2D eigenvalue weighted by atomic mass is 9.81. The normalized spacial score (nSPS) is 16.1. The number of anilines is 2. The van der Waals surface area contributed by atoms with E-state index in [4.69, 9.17) is 67.3 Å². The Bertz CT molecular complexity index is 1520. The van der Waals surface area contributed by atoms with Crippen LogP contribution < -0.4 is 20.9 Å². The van der Waals surface area contributed by atoms with Gasteiger partial charge in [0.25, 0.3) is 0 Å². The first kappa shape index (κ1) is 32.2. The van der Waals surface area contributed by atoms with Crippen molar-refractivity contribution in [1.29, 1.82) is 0 Å². The second-order valence-electron chi connectivity index (χ2n) is 12.4. The predicted octanol–water partition coefficient (Wildman–Crippen LogP) is 12.7. The Morgan fingerprint density at radius 1 is 0.511 bits per heavy atom. The van der Waals surface area contributed by atoms with Gasteiger partial charge in [0, 0.05) is 17.8 Å². The smallest absolute Gasteiger partial charge is 0.151 e. The molecule has 0 spiro atoms. The molecule has 2 aliphatic carbocycles. The van der Waals surface area contributed by atoms with E-state index >= 15 is 0 Å². The number of rotatable bonds is 8. The van der Waals surface area contributed by atoms with Crippen LogP contribution in [0.25, 0.3) is 0 Å². The average molecular weight is 685 g/mol. The van der Waals surface area contributed by atoms with Crippen LogP contribution in [0.1, 0.15) is 98.3 Å². The van der Waals surface area contributed by atoms with E-state index in [9.17, 15) is 0 Å². The number of nitrogen functional groups attached to an aromatic ring is 2. The molecule has 0 saturated heterocycles. The summed E-state index contributed by atoms with van der Waals surface area (Å²) in [5.41, 5.74) is 17.1. The minimum atomic E-state index is 0.323. The number of ether oxygens (including phenoxy) is 2. The highest BCUT2D eigenvalue weighted by Gasteiger charge is 2.28. The fraction of sp³-hybridized carbons (Fsp3) is 0.351. The summed E-state index contributed by atoms with van der Waals surface area (Å²) in [5.74, 6) is 3.20. The third kappa shape index (κ3) is 7.30. The van der Waals surface area contributed by atoms with Gasteiger partial charge in [0.2, 0.25) is 0 Å². The van der Waals surface area contributed by atoms with Gasteiger partial charge in [0.05, 0.1) is 10.0 Å². The maximum Gasteiger partial charge on any atom is 0.151 e. The van der Waals surface area contributed by atoms with E-state index in [1.165, 1.54) is 38.5 Å². The van der Waals surface area contributed by atoms with Crippen molar-refractivity contribution < 1.29 is 9.47 Å². The van der Waals surface area contributed by atoms with Crippen LogP contribution in [0.15, 0.2) is 60.7 Å². The molecule has 6 rings (SSSR count). The number of hydrogen-bond donors (Lipinski definition) is 2. The number of benzene rings is 4. The third-order valence-electron chi connectivity index (χ3n) is 9.20. The molecule has 4 nitrogen and oxygen atoms in total. The van der Waals surface area contributed by atoms with Gasteiger partial charge in [-0.05, 0) is 120 Å². The highest BCUT2D eigenvalue weighted by atomic mass is 35.5. The summed E-state index contributed by atoms with van der Waals surface area (Å²) in [4.78, 5) is 0. The van der Waals surface area contributed by atoms with E-state index in [0.717, 1.165) is 47.9 Å². The van der Waals surface area contributed by atoms with Crippen molar-refractivity contribution in [2.24, 2.45) is 0 Å². The summed E-state index contributed by atoms with van der Waals surface area (Å²) < 4.78 is 12.8. The zero-order valence-electron chi connectivity index (χ0n) is 25.2. The number of nitrogens with two attached hydrogens (primary N) is 2. The van der Waals surface area contributed by atoms with Crippen molar-refractivity contribution in [2.75, 3.05) is 11.5 Å². The van der Waals surface area contributed by atoms with Crippen LogP contribution in [0.5, 0.6) is 23.0 Å². The second kappa shape index (κ2) is 14.3. The van der Waals surface area contributed by atoms with Crippen LogP contribution in [0, 0.1) is 0 Å². The molecule has 0 unspecified atom stereocenters. The molecule has 2 fully saturated rings. The zero-order valence-corrected chi connectivity index (χ0v) is 28.2. The predicted molar refractivity (Wildman–Crippen MR) is 189 cm³/mol. The number of hydrogen-bond acceptors (Lipinski definition) is 4. The zero-order chi connectivity index (χ0) is 31.5. The number of halogens is 4. The van der Waals surface area contributed by atoms with Crippen molar-refractivity contribution in [3.8, 4) is 23.0 Å². The summed E-state index contributed by atoms with van der Waals surface area (Å²) in [7, 11) is 0. The lowest BCUT2D eigenvalue weighted by Gasteiger charge is -2.27. The topological polar surface area (TPSA) is 70.5 Å². The van der Waals surface area contributed by atoms with Crippen LogP contribution >= 0.6 is 46.4 Å². The lowest BCUT2D eigenvalue weighted by molar-refractivity contribution is 0.418. The van der Waals surface area contributed by atoms with Crippen molar-refractivity contribution in [3.63, 3.8) is 0 Å². The monoisotopic (exact) mass is 682 g/mol. The molecular formula is C37H38Cl4N2O2. The molecule has 2 saturated carbocycles. The first-order chi connectivity index (χ1) is 21.8.